The monoisotopic (exact) mass is 233 g/mol. The van der Waals surface area contributed by atoms with Crippen molar-refractivity contribution in [2.24, 2.45) is 11.7 Å². The number of hydrogen-bond donors (Lipinski definition) is 1. The summed E-state index contributed by atoms with van der Waals surface area (Å²) in [5, 5.41) is -0.611. The Kier molecular flexibility index (Phi) is 4.18. The fourth-order valence-corrected chi connectivity index (χ4v) is 4.20. The van der Waals surface area contributed by atoms with Gasteiger partial charge in [-0.1, -0.05) is 13.3 Å². The molecule has 0 heterocycles. The molecule has 0 amide bonds. The van der Waals surface area contributed by atoms with Crippen molar-refractivity contribution >= 4 is 9.84 Å². The van der Waals surface area contributed by atoms with E-state index in [1.54, 1.807) is 13.8 Å². The highest BCUT2D eigenvalue weighted by Crippen LogP contribution is 2.31. The van der Waals surface area contributed by atoms with Crippen molar-refractivity contribution < 1.29 is 8.42 Å². The molecule has 1 saturated carbocycles. The Balaban J connectivity index is 2.83. The van der Waals surface area contributed by atoms with Gasteiger partial charge in [0, 0.05) is 6.04 Å². The van der Waals surface area contributed by atoms with E-state index in [9.17, 15) is 8.42 Å². The lowest BCUT2D eigenvalue weighted by molar-refractivity contribution is 0.318. The zero-order chi connectivity index (χ0) is 11.6. The van der Waals surface area contributed by atoms with Crippen molar-refractivity contribution in [3.63, 3.8) is 0 Å². The summed E-state index contributed by atoms with van der Waals surface area (Å²) in [5.41, 5.74) is 5.94. The predicted molar refractivity (Wildman–Crippen MR) is 63.5 cm³/mol. The van der Waals surface area contributed by atoms with Crippen molar-refractivity contribution in [2.75, 3.05) is 0 Å². The standard InChI is InChI=1S/C11H23NO2S/c1-4-9-5-6-10(12)11(7-9)15(13,14)8(2)3/h8-11H,4-7,12H2,1-3H3. The SMILES string of the molecule is CCC1CCC(N)C(S(=O)(=O)C(C)C)C1. The lowest BCUT2D eigenvalue weighted by Gasteiger charge is -2.34. The summed E-state index contributed by atoms with van der Waals surface area (Å²) < 4.78 is 24.2. The minimum Gasteiger partial charge on any atom is -0.327 e. The van der Waals surface area contributed by atoms with Gasteiger partial charge in [-0.2, -0.15) is 0 Å². The summed E-state index contributed by atoms with van der Waals surface area (Å²) in [4.78, 5) is 0. The normalized spacial score (nSPS) is 33.3. The van der Waals surface area contributed by atoms with E-state index in [0.717, 1.165) is 25.7 Å². The number of rotatable bonds is 3. The summed E-state index contributed by atoms with van der Waals surface area (Å²) in [6.07, 6.45) is 3.77. The van der Waals surface area contributed by atoms with Crippen LogP contribution in [0.15, 0.2) is 0 Å². The van der Waals surface area contributed by atoms with Crippen LogP contribution in [0.2, 0.25) is 0 Å². The Labute approximate surface area is 93.3 Å². The van der Waals surface area contributed by atoms with Crippen molar-refractivity contribution in [2.45, 2.75) is 63.0 Å². The molecule has 1 aliphatic carbocycles. The second-order valence-electron chi connectivity index (χ2n) is 4.93. The predicted octanol–water partition coefficient (Wildman–Crippen LogP) is 1.72. The highest BCUT2D eigenvalue weighted by molar-refractivity contribution is 7.92. The molecule has 3 unspecified atom stereocenters. The van der Waals surface area contributed by atoms with Gasteiger partial charge in [0.2, 0.25) is 0 Å². The van der Waals surface area contributed by atoms with Crippen LogP contribution in [0.5, 0.6) is 0 Å². The Bertz CT molecular complexity index is 298. The molecule has 0 saturated heterocycles. The lowest BCUT2D eigenvalue weighted by Crippen LogP contribution is -2.47. The highest BCUT2D eigenvalue weighted by atomic mass is 32.2. The summed E-state index contributed by atoms with van der Waals surface area (Å²) >= 11 is 0. The van der Waals surface area contributed by atoms with Crippen LogP contribution >= 0.6 is 0 Å². The topological polar surface area (TPSA) is 60.2 Å². The summed E-state index contributed by atoms with van der Waals surface area (Å²) in [6, 6.07) is -0.153. The van der Waals surface area contributed by atoms with Crippen LogP contribution in [0, 0.1) is 5.92 Å². The smallest absolute Gasteiger partial charge is 0.157 e. The maximum Gasteiger partial charge on any atom is 0.157 e. The molecule has 3 atom stereocenters. The fourth-order valence-electron chi connectivity index (χ4n) is 2.33. The van der Waals surface area contributed by atoms with Crippen molar-refractivity contribution in [1.82, 2.24) is 0 Å². The third-order valence-electron chi connectivity index (χ3n) is 3.61. The number of hydrogen-bond acceptors (Lipinski definition) is 3. The molecule has 0 aromatic heterocycles. The Morgan fingerprint density at radius 1 is 1.33 bits per heavy atom. The van der Waals surface area contributed by atoms with Crippen LogP contribution in [0.1, 0.15) is 46.5 Å². The largest absolute Gasteiger partial charge is 0.327 e. The van der Waals surface area contributed by atoms with Crippen molar-refractivity contribution in [3.05, 3.63) is 0 Å². The second kappa shape index (κ2) is 4.83. The van der Waals surface area contributed by atoms with E-state index in [0.29, 0.717) is 5.92 Å². The van der Waals surface area contributed by atoms with Gasteiger partial charge < -0.3 is 5.73 Å². The van der Waals surface area contributed by atoms with Gasteiger partial charge in [-0.05, 0) is 39.0 Å². The first kappa shape index (κ1) is 13.0. The number of nitrogens with two attached hydrogens (primary N) is 1. The molecule has 0 radical (unpaired) electrons. The summed E-state index contributed by atoms with van der Waals surface area (Å²) in [6.45, 7) is 5.62. The molecule has 1 rings (SSSR count). The van der Waals surface area contributed by atoms with Crippen LogP contribution in [-0.4, -0.2) is 25.0 Å². The molecule has 2 N–H and O–H groups in total. The van der Waals surface area contributed by atoms with Gasteiger partial charge >= 0.3 is 0 Å². The quantitative estimate of drug-likeness (QED) is 0.807. The van der Waals surface area contributed by atoms with E-state index in [4.69, 9.17) is 5.73 Å². The molecule has 4 heteroatoms. The van der Waals surface area contributed by atoms with Crippen LogP contribution in [0.25, 0.3) is 0 Å². The lowest BCUT2D eigenvalue weighted by atomic mass is 9.84. The van der Waals surface area contributed by atoms with E-state index in [1.807, 2.05) is 0 Å². The van der Waals surface area contributed by atoms with Gasteiger partial charge in [-0.3, -0.25) is 0 Å². The average molecular weight is 233 g/mol. The van der Waals surface area contributed by atoms with Crippen LogP contribution in [0.4, 0.5) is 0 Å². The van der Waals surface area contributed by atoms with Gasteiger partial charge in [-0.15, -0.1) is 0 Å². The average Bonchev–Trinajstić information content (AvgIpc) is 2.18. The minimum absolute atomic E-state index is 0.153. The molecule has 0 aliphatic heterocycles. The molecular formula is C11H23NO2S. The third kappa shape index (κ3) is 2.72. The minimum atomic E-state index is -3.02. The maximum absolute atomic E-state index is 12.1. The van der Waals surface area contributed by atoms with Gasteiger partial charge in [0.1, 0.15) is 0 Å². The molecule has 0 aromatic rings. The first-order valence-corrected chi connectivity index (χ1v) is 7.48. The Morgan fingerprint density at radius 2 is 1.93 bits per heavy atom. The van der Waals surface area contributed by atoms with Crippen LogP contribution in [0.3, 0.4) is 0 Å². The zero-order valence-corrected chi connectivity index (χ0v) is 10.8. The molecule has 3 nitrogen and oxygen atoms in total. The van der Waals surface area contributed by atoms with Crippen molar-refractivity contribution in [1.29, 1.82) is 0 Å². The van der Waals surface area contributed by atoms with Crippen molar-refractivity contribution in [3.8, 4) is 0 Å². The van der Waals surface area contributed by atoms with E-state index in [1.165, 1.54) is 0 Å². The van der Waals surface area contributed by atoms with Gasteiger partial charge in [-0.25, -0.2) is 8.42 Å². The maximum atomic E-state index is 12.1. The molecule has 0 spiro atoms. The van der Waals surface area contributed by atoms with E-state index < -0.39 is 9.84 Å². The molecular weight excluding hydrogens is 210 g/mol. The van der Waals surface area contributed by atoms with Gasteiger partial charge in [0.25, 0.3) is 0 Å². The van der Waals surface area contributed by atoms with E-state index >= 15 is 0 Å². The Hall–Kier alpha value is -0.0900. The Morgan fingerprint density at radius 3 is 2.40 bits per heavy atom. The van der Waals surface area contributed by atoms with Crippen LogP contribution < -0.4 is 5.73 Å². The summed E-state index contributed by atoms with van der Waals surface area (Å²) in [7, 11) is -3.02. The first-order chi connectivity index (χ1) is 6.89. The van der Waals surface area contributed by atoms with Gasteiger partial charge in [0.05, 0.1) is 10.5 Å². The molecule has 0 aromatic carbocycles. The third-order valence-corrected chi connectivity index (χ3v) is 6.31. The van der Waals surface area contributed by atoms with Crippen LogP contribution in [-0.2, 0) is 9.84 Å². The zero-order valence-electron chi connectivity index (χ0n) is 9.94. The molecule has 1 fully saturated rings. The first-order valence-electron chi connectivity index (χ1n) is 5.87. The van der Waals surface area contributed by atoms with E-state index in [-0.39, 0.29) is 16.5 Å². The second-order valence-corrected chi connectivity index (χ2v) is 7.65. The highest BCUT2D eigenvalue weighted by Gasteiger charge is 2.37. The van der Waals surface area contributed by atoms with E-state index in [2.05, 4.69) is 6.92 Å². The molecule has 1 aliphatic rings. The molecule has 0 bridgehead atoms. The fraction of sp³-hybridized carbons (Fsp3) is 1.00. The molecule has 90 valence electrons. The summed E-state index contributed by atoms with van der Waals surface area (Å²) in [5.74, 6) is 0.545. The molecule has 15 heavy (non-hydrogen) atoms. The number of sulfone groups is 1. The van der Waals surface area contributed by atoms with Gasteiger partial charge in [0.15, 0.2) is 9.84 Å².